The second kappa shape index (κ2) is 8.89. The van der Waals surface area contributed by atoms with Crippen LogP contribution in [-0.4, -0.2) is 22.7 Å². The maximum Gasteiger partial charge on any atom is 0.229 e. The summed E-state index contributed by atoms with van der Waals surface area (Å²) in [6, 6.07) is 17.3. The third kappa shape index (κ3) is 5.34. The van der Waals surface area contributed by atoms with Crippen LogP contribution in [0.1, 0.15) is 20.8 Å². The van der Waals surface area contributed by atoms with Gasteiger partial charge >= 0.3 is 0 Å². The Hall–Kier alpha value is -3.28. The van der Waals surface area contributed by atoms with Crippen molar-refractivity contribution in [3.8, 4) is 11.5 Å². The average molecular weight is 364 g/mol. The number of nitrogens with zero attached hydrogens (tertiary/aromatic N) is 2. The van der Waals surface area contributed by atoms with Crippen LogP contribution in [0.2, 0.25) is 0 Å². The number of anilines is 4. The lowest BCUT2D eigenvalue weighted by atomic mass is 10.3. The molecule has 0 aliphatic rings. The molecule has 0 amide bonds. The molecule has 0 aliphatic carbocycles. The summed E-state index contributed by atoms with van der Waals surface area (Å²) in [6.07, 6.45) is 1.79. The molecule has 0 spiro atoms. The molecule has 0 unspecified atom stereocenters. The second-order valence-corrected chi connectivity index (χ2v) is 6.14. The topological polar surface area (TPSA) is 68.3 Å². The van der Waals surface area contributed by atoms with Crippen LogP contribution in [0.25, 0.3) is 0 Å². The van der Waals surface area contributed by atoms with E-state index in [4.69, 9.17) is 9.47 Å². The minimum atomic E-state index is 0.0847. The van der Waals surface area contributed by atoms with Crippen LogP contribution in [0.15, 0.2) is 60.8 Å². The fourth-order valence-electron chi connectivity index (χ4n) is 2.48. The first-order valence-corrected chi connectivity index (χ1v) is 8.99. The Morgan fingerprint density at radius 2 is 1.74 bits per heavy atom. The molecule has 0 bridgehead atoms. The van der Waals surface area contributed by atoms with E-state index in [2.05, 4.69) is 20.6 Å². The van der Waals surface area contributed by atoms with Crippen LogP contribution >= 0.6 is 0 Å². The van der Waals surface area contributed by atoms with Gasteiger partial charge in [-0.1, -0.05) is 12.1 Å². The standard InChI is InChI=1S/C21H24N4O2/c1-4-26-17-11-9-16(10-12-17)23-20-13-14-22-21(25-20)24-18-7-5-6-8-19(18)27-15(2)3/h5-15H,4H2,1-3H3,(H2,22,23,24,25). The summed E-state index contributed by atoms with van der Waals surface area (Å²) in [6.45, 7) is 6.60. The molecular weight excluding hydrogens is 340 g/mol. The Kier molecular flexibility index (Phi) is 6.10. The van der Waals surface area contributed by atoms with Crippen LogP contribution in [0, 0.1) is 0 Å². The molecule has 2 aromatic carbocycles. The van der Waals surface area contributed by atoms with Gasteiger partial charge in [0, 0.05) is 11.9 Å². The molecule has 0 fully saturated rings. The largest absolute Gasteiger partial charge is 0.494 e. The van der Waals surface area contributed by atoms with E-state index in [1.807, 2.05) is 75.4 Å². The van der Waals surface area contributed by atoms with Gasteiger partial charge in [-0.3, -0.25) is 0 Å². The quantitative estimate of drug-likeness (QED) is 0.576. The SMILES string of the molecule is CCOc1ccc(Nc2ccnc(Nc3ccccc3OC(C)C)n2)cc1. The normalized spacial score (nSPS) is 10.5. The van der Waals surface area contributed by atoms with E-state index in [0.29, 0.717) is 18.4 Å². The Morgan fingerprint density at radius 3 is 2.48 bits per heavy atom. The van der Waals surface area contributed by atoms with E-state index >= 15 is 0 Å². The van der Waals surface area contributed by atoms with E-state index in [9.17, 15) is 0 Å². The highest BCUT2D eigenvalue weighted by atomic mass is 16.5. The number of nitrogens with one attached hydrogen (secondary N) is 2. The molecule has 0 aliphatic heterocycles. The summed E-state index contributed by atoms with van der Waals surface area (Å²) in [5.74, 6) is 2.79. The maximum atomic E-state index is 5.83. The maximum absolute atomic E-state index is 5.83. The molecule has 1 heterocycles. The number of hydrogen-bond acceptors (Lipinski definition) is 6. The third-order valence-corrected chi connectivity index (χ3v) is 3.59. The van der Waals surface area contributed by atoms with Gasteiger partial charge in [0.05, 0.1) is 18.4 Å². The molecule has 6 heteroatoms. The number of para-hydroxylation sites is 2. The highest BCUT2D eigenvalue weighted by molar-refractivity contribution is 5.64. The van der Waals surface area contributed by atoms with Crippen molar-refractivity contribution in [2.75, 3.05) is 17.2 Å². The van der Waals surface area contributed by atoms with Crippen molar-refractivity contribution in [2.24, 2.45) is 0 Å². The Morgan fingerprint density at radius 1 is 0.963 bits per heavy atom. The Balaban J connectivity index is 1.72. The summed E-state index contributed by atoms with van der Waals surface area (Å²) in [5.41, 5.74) is 1.75. The van der Waals surface area contributed by atoms with E-state index < -0.39 is 0 Å². The predicted molar refractivity (Wildman–Crippen MR) is 108 cm³/mol. The Labute approximate surface area is 159 Å². The number of hydrogen-bond donors (Lipinski definition) is 2. The summed E-state index contributed by atoms with van der Waals surface area (Å²) < 4.78 is 11.3. The summed E-state index contributed by atoms with van der Waals surface area (Å²) >= 11 is 0. The van der Waals surface area contributed by atoms with Gasteiger partial charge < -0.3 is 20.1 Å². The van der Waals surface area contributed by atoms with E-state index in [1.165, 1.54) is 0 Å². The van der Waals surface area contributed by atoms with Crippen LogP contribution < -0.4 is 20.1 Å². The molecule has 0 saturated carbocycles. The van der Waals surface area contributed by atoms with Crippen molar-refractivity contribution in [3.63, 3.8) is 0 Å². The van der Waals surface area contributed by atoms with Crippen molar-refractivity contribution in [1.82, 2.24) is 9.97 Å². The molecular formula is C21H24N4O2. The second-order valence-electron chi connectivity index (χ2n) is 6.14. The highest BCUT2D eigenvalue weighted by Gasteiger charge is 2.07. The molecule has 6 nitrogen and oxygen atoms in total. The van der Waals surface area contributed by atoms with Gasteiger partial charge in [-0.25, -0.2) is 4.98 Å². The predicted octanol–water partition coefficient (Wildman–Crippen LogP) is 5.15. The number of benzene rings is 2. The average Bonchev–Trinajstić information content (AvgIpc) is 2.65. The van der Waals surface area contributed by atoms with Crippen molar-refractivity contribution < 1.29 is 9.47 Å². The summed E-state index contributed by atoms with van der Waals surface area (Å²) in [4.78, 5) is 8.82. The van der Waals surface area contributed by atoms with Gasteiger partial charge in [0.2, 0.25) is 5.95 Å². The van der Waals surface area contributed by atoms with Gasteiger partial charge in [0.25, 0.3) is 0 Å². The van der Waals surface area contributed by atoms with Gasteiger partial charge in [0.1, 0.15) is 17.3 Å². The number of ether oxygens (including phenoxy) is 2. The van der Waals surface area contributed by atoms with Gasteiger partial charge in [0.15, 0.2) is 0 Å². The van der Waals surface area contributed by atoms with Crippen LogP contribution in [0.4, 0.5) is 23.1 Å². The smallest absolute Gasteiger partial charge is 0.229 e. The fraction of sp³-hybridized carbons (Fsp3) is 0.238. The van der Waals surface area contributed by atoms with Crippen molar-refractivity contribution >= 4 is 23.1 Å². The lowest BCUT2D eigenvalue weighted by molar-refractivity contribution is 0.244. The van der Waals surface area contributed by atoms with Gasteiger partial charge in [-0.2, -0.15) is 4.98 Å². The minimum absolute atomic E-state index is 0.0847. The lowest BCUT2D eigenvalue weighted by Gasteiger charge is -2.15. The van der Waals surface area contributed by atoms with Crippen molar-refractivity contribution in [2.45, 2.75) is 26.9 Å². The third-order valence-electron chi connectivity index (χ3n) is 3.59. The van der Waals surface area contributed by atoms with Crippen LogP contribution in [0.5, 0.6) is 11.5 Å². The molecule has 2 N–H and O–H groups in total. The van der Waals surface area contributed by atoms with Crippen LogP contribution in [0.3, 0.4) is 0 Å². The minimum Gasteiger partial charge on any atom is -0.494 e. The van der Waals surface area contributed by atoms with E-state index in [0.717, 1.165) is 22.9 Å². The molecule has 0 radical (unpaired) electrons. The molecule has 0 saturated heterocycles. The van der Waals surface area contributed by atoms with Gasteiger partial charge in [-0.05, 0) is 63.2 Å². The molecule has 27 heavy (non-hydrogen) atoms. The van der Waals surface area contributed by atoms with Crippen molar-refractivity contribution in [1.29, 1.82) is 0 Å². The number of rotatable bonds is 8. The van der Waals surface area contributed by atoms with Gasteiger partial charge in [-0.15, -0.1) is 0 Å². The zero-order valence-electron chi connectivity index (χ0n) is 15.8. The molecule has 0 atom stereocenters. The summed E-state index contributed by atoms with van der Waals surface area (Å²) in [7, 11) is 0. The first kappa shape index (κ1) is 18.5. The summed E-state index contributed by atoms with van der Waals surface area (Å²) in [5, 5.41) is 6.49. The molecule has 140 valence electrons. The fourth-order valence-corrected chi connectivity index (χ4v) is 2.48. The first-order chi connectivity index (χ1) is 13.1. The molecule has 1 aromatic heterocycles. The monoisotopic (exact) mass is 364 g/mol. The zero-order valence-corrected chi connectivity index (χ0v) is 15.8. The van der Waals surface area contributed by atoms with E-state index in [-0.39, 0.29) is 6.10 Å². The lowest BCUT2D eigenvalue weighted by Crippen LogP contribution is -2.08. The van der Waals surface area contributed by atoms with Crippen molar-refractivity contribution in [3.05, 3.63) is 60.8 Å². The van der Waals surface area contributed by atoms with Crippen LogP contribution in [-0.2, 0) is 0 Å². The molecule has 3 rings (SSSR count). The zero-order chi connectivity index (χ0) is 19.1. The Bertz CT molecular complexity index is 866. The highest BCUT2D eigenvalue weighted by Crippen LogP contribution is 2.27. The van der Waals surface area contributed by atoms with E-state index in [1.54, 1.807) is 6.20 Å². The first-order valence-electron chi connectivity index (χ1n) is 8.99. The number of aromatic nitrogens is 2. The molecule has 3 aromatic rings.